The normalized spacial score (nSPS) is 21.2. The first-order chi connectivity index (χ1) is 8.74. The summed E-state index contributed by atoms with van der Waals surface area (Å²) in [5.74, 6) is 2.22. The standard InChI is InChI=1S/C13H18N4S/c1-9-3-2-6-17(7-4-9)12-11-10(5-8-18-11)15-13(14)16-12/h5,8-9H,2-4,6-7H2,1H3,(H2,14,15,16). The zero-order chi connectivity index (χ0) is 12.5. The van der Waals surface area contributed by atoms with Gasteiger partial charge in [-0.25, -0.2) is 4.98 Å². The van der Waals surface area contributed by atoms with Gasteiger partial charge in [0.1, 0.15) is 0 Å². The Hall–Kier alpha value is -1.36. The van der Waals surface area contributed by atoms with Crippen molar-refractivity contribution in [2.24, 2.45) is 5.92 Å². The SMILES string of the molecule is CC1CCCN(c2nc(N)nc3ccsc23)CC1. The highest BCUT2D eigenvalue weighted by atomic mass is 32.1. The van der Waals surface area contributed by atoms with E-state index < -0.39 is 0 Å². The molecule has 18 heavy (non-hydrogen) atoms. The molecule has 0 saturated carbocycles. The van der Waals surface area contributed by atoms with Crippen molar-refractivity contribution >= 4 is 33.3 Å². The van der Waals surface area contributed by atoms with Crippen LogP contribution in [0.5, 0.6) is 0 Å². The first-order valence-electron chi connectivity index (χ1n) is 6.49. The van der Waals surface area contributed by atoms with E-state index in [1.54, 1.807) is 11.3 Å². The van der Waals surface area contributed by atoms with E-state index in [-0.39, 0.29) is 0 Å². The molecule has 1 aliphatic rings. The molecular weight excluding hydrogens is 244 g/mol. The number of aromatic nitrogens is 2. The fourth-order valence-electron chi connectivity index (χ4n) is 2.55. The van der Waals surface area contributed by atoms with Gasteiger partial charge in [-0.3, -0.25) is 0 Å². The summed E-state index contributed by atoms with van der Waals surface area (Å²) >= 11 is 1.70. The van der Waals surface area contributed by atoms with Crippen LogP contribution in [-0.4, -0.2) is 23.1 Å². The number of thiophene rings is 1. The summed E-state index contributed by atoms with van der Waals surface area (Å²) in [6.45, 7) is 4.48. The van der Waals surface area contributed by atoms with Gasteiger partial charge in [-0.1, -0.05) is 6.92 Å². The summed E-state index contributed by atoms with van der Waals surface area (Å²) in [6, 6.07) is 2.02. The number of hydrogen-bond donors (Lipinski definition) is 1. The molecule has 0 aliphatic carbocycles. The van der Waals surface area contributed by atoms with Crippen LogP contribution in [0, 0.1) is 5.92 Å². The maximum atomic E-state index is 5.81. The number of nitrogens with two attached hydrogens (primary N) is 1. The molecule has 96 valence electrons. The molecule has 1 atom stereocenters. The van der Waals surface area contributed by atoms with Gasteiger partial charge in [0.05, 0.1) is 10.2 Å². The highest BCUT2D eigenvalue weighted by molar-refractivity contribution is 7.17. The second kappa shape index (κ2) is 4.72. The quantitative estimate of drug-likeness (QED) is 0.858. The van der Waals surface area contributed by atoms with Gasteiger partial charge >= 0.3 is 0 Å². The van der Waals surface area contributed by atoms with Crippen molar-refractivity contribution in [1.29, 1.82) is 0 Å². The molecule has 1 unspecified atom stereocenters. The predicted molar refractivity (Wildman–Crippen MR) is 77.1 cm³/mol. The van der Waals surface area contributed by atoms with Crippen LogP contribution in [0.2, 0.25) is 0 Å². The summed E-state index contributed by atoms with van der Waals surface area (Å²) in [5.41, 5.74) is 6.78. The monoisotopic (exact) mass is 262 g/mol. The summed E-state index contributed by atoms with van der Waals surface area (Å²) in [4.78, 5) is 11.1. The van der Waals surface area contributed by atoms with E-state index >= 15 is 0 Å². The van der Waals surface area contributed by atoms with Crippen LogP contribution >= 0.6 is 11.3 Å². The molecule has 0 amide bonds. The number of rotatable bonds is 1. The van der Waals surface area contributed by atoms with Crippen molar-refractivity contribution < 1.29 is 0 Å². The van der Waals surface area contributed by atoms with Gasteiger partial charge in [0.15, 0.2) is 5.82 Å². The molecule has 1 saturated heterocycles. The fraction of sp³-hybridized carbons (Fsp3) is 0.538. The van der Waals surface area contributed by atoms with Crippen LogP contribution in [-0.2, 0) is 0 Å². The number of nitrogens with zero attached hydrogens (tertiary/aromatic N) is 3. The third-order valence-corrected chi connectivity index (χ3v) is 4.52. The molecule has 2 aromatic rings. The van der Waals surface area contributed by atoms with Crippen molar-refractivity contribution in [3.63, 3.8) is 0 Å². The molecule has 0 spiro atoms. The number of nitrogen functional groups attached to an aromatic ring is 1. The Kier molecular flexibility index (Phi) is 3.07. The highest BCUT2D eigenvalue weighted by Gasteiger charge is 2.18. The predicted octanol–water partition coefficient (Wildman–Crippen LogP) is 2.90. The maximum Gasteiger partial charge on any atom is 0.222 e. The summed E-state index contributed by atoms with van der Waals surface area (Å²) in [7, 11) is 0. The van der Waals surface area contributed by atoms with Crippen LogP contribution in [0.25, 0.3) is 10.2 Å². The van der Waals surface area contributed by atoms with Gasteiger partial charge < -0.3 is 10.6 Å². The Morgan fingerprint density at radius 3 is 3.11 bits per heavy atom. The Bertz CT molecular complexity index is 551. The second-order valence-corrected chi connectivity index (χ2v) is 5.98. The average Bonchev–Trinajstić information content (AvgIpc) is 2.70. The molecule has 0 radical (unpaired) electrons. The fourth-order valence-corrected chi connectivity index (χ4v) is 3.40. The highest BCUT2D eigenvalue weighted by Crippen LogP contribution is 2.31. The van der Waals surface area contributed by atoms with Crippen LogP contribution in [0.15, 0.2) is 11.4 Å². The lowest BCUT2D eigenvalue weighted by molar-refractivity contribution is 0.521. The third kappa shape index (κ3) is 2.14. The minimum absolute atomic E-state index is 0.383. The molecule has 4 nitrogen and oxygen atoms in total. The van der Waals surface area contributed by atoms with E-state index in [1.165, 1.54) is 24.0 Å². The number of anilines is 2. The van der Waals surface area contributed by atoms with Crippen LogP contribution < -0.4 is 10.6 Å². The Morgan fingerprint density at radius 2 is 2.22 bits per heavy atom. The average molecular weight is 262 g/mol. The van der Waals surface area contributed by atoms with Gasteiger partial charge in [-0.15, -0.1) is 11.3 Å². The van der Waals surface area contributed by atoms with Crippen molar-refractivity contribution in [3.8, 4) is 0 Å². The van der Waals surface area contributed by atoms with E-state index in [9.17, 15) is 0 Å². The molecule has 5 heteroatoms. The zero-order valence-electron chi connectivity index (χ0n) is 10.6. The van der Waals surface area contributed by atoms with Crippen molar-refractivity contribution in [1.82, 2.24) is 9.97 Å². The first kappa shape index (κ1) is 11.7. The van der Waals surface area contributed by atoms with Gasteiger partial charge in [0.2, 0.25) is 5.95 Å². The summed E-state index contributed by atoms with van der Waals surface area (Å²) in [6.07, 6.45) is 3.78. The molecule has 2 aromatic heterocycles. The first-order valence-corrected chi connectivity index (χ1v) is 7.37. The smallest absolute Gasteiger partial charge is 0.222 e. The molecule has 0 bridgehead atoms. The third-order valence-electron chi connectivity index (χ3n) is 3.62. The topological polar surface area (TPSA) is 55.0 Å². The Morgan fingerprint density at radius 1 is 1.33 bits per heavy atom. The van der Waals surface area contributed by atoms with Gasteiger partial charge in [0.25, 0.3) is 0 Å². The number of hydrogen-bond acceptors (Lipinski definition) is 5. The molecule has 2 N–H and O–H groups in total. The summed E-state index contributed by atoms with van der Waals surface area (Å²) in [5, 5.41) is 2.06. The van der Waals surface area contributed by atoms with Gasteiger partial charge in [-0.2, -0.15) is 4.98 Å². The zero-order valence-corrected chi connectivity index (χ0v) is 11.4. The Labute approximate surface area is 111 Å². The minimum atomic E-state index is 0.383. The van der Waals surface area contributed by atoms with E-state index in [0.29, 0.717) is 5.95 Å². The van der Waals surface area contributed by atoms with Gasteiger partial charge in [0, 0.05) is 13.1 Å². The van der Waals surface area contributed by atoms with E-state index in [2.05, 4.69) is 27.2 Å². The molecule has 0 aromatic carbocycles. The molecule has 3 rings (SSSR count). The lowest BCUT2D eigenvalue weighted by Gasteiger charge is -2.22. The summed E-state index contributed by atoms with van der Waals surface area (Å²) < 4.78 is 1.17. The molecule has 3 heterocycles. The van der Waals surface area contributed by atoms with Gasteiger partial charge in [-0.05, 0) is 36.6 Å². The maximum absolute atomic E-state index is 5.81. The van der Waals surface area contributed by atoms with Crippen LogP contribution in [0.3, 0.4) is 0 Å². The molecule has 1 aliphatic heterocycles. The number of fused-ring (bicyclic) bond motifs is 1. The van der Waals surface area contributed by atoms with E-state index in [1.807, 2.05) is 6.07 Å². The van der Waals surface area contributed by atoms with Crippen LogP contribution in [0.1, 0.15) is 26.2 Å². The van der Waals surface area contributed by atoms with E-state index in [4.69, 9.17) is 5.73 Å². The van der Waals surface area contributed by atoms with Crippen molar-refractivity contribution in [2.45, 2.75) is 26.2 Å². The Balaban J connectivity index is 1.99. The second-order valence-electron chi connectivity index (χ2n) is 5.06. The minimum Gasteiger partial charge on any atom is -0.368 e. The van der Waals surface area contributed by atoms with Crippen molar-refractivity contribution in [2.75, 3.05) is 23.7 Å². The lowest BCUT2D eigenvalue weighted by atomic mass is 10.0. The molecular formula is C13H18N4S. The van der Waals surface area contributed by atoms with E-state index in [0.717, 1.165) is 30.3 Å². The van der Waals surface area contributed by atoms with Crippen LogP contribution in [0.4, 0.5) is 11.8 Å². The lowest BCUT2D eigenvalue weighted by Crippen LogP contribution is -2.25. The van der Waals surface area contributed by atoms with Crippen molar-refractivity contribution in [3.05, 3.63) is 11.4 Å². The largest absolute Gasteiger partial charge is 0.368 e. The molecule has 1 fully saturated rings.